The van der Waals surface area contributed by atoms with E-state index < -0.39 is 11.9 Å². The summed E-state index contributed by atoms with van der Waals surface area (Å²) in [4.78, 5) is 22.0. The lowest BCUT2D eigenvalue weighted by molar-refractivity contribution is -0.146. The van der Waals surface area contributed by atoms with E-state index in [1.54, 1.807) is 0 Å². The molecule has 4 heteroatoms. The van der Waals surface area contributed by atoms with Gasteiger partial charge in [-0.05, 0) is 31.6 Å². The van der Waals surface area contributed by atoms with Crippen LogP contribution in [0.3, 0.4) is 0 Å². The zero-order valence-corrected chi connectivity index (χ0v) is 10.0. The summed E-state index contributed by atoms with van der Waals surface area (Å²) in [7, 11) is 0. The van der Waals surface area contributed by atoms with Crippen molar-refractivity contribution >= 4 is 11.9 Å². The molecule has 0 radical (unpaired) electrons. The minimum Gasteiger partial charge on any atom is -0.481 e. The quantitative estimate of drug-likeness (QED) is 0.718. The molecule has 0 spiro atoms. The lowest BCUT2D eigenvalue weighted by Gasteiger charge is -2.26. The first-order chi connectivity index (χ1) is 7.50. The van der Waals surface area contributed by atoms with Crippen LogP contribution in [0.2, 0.25) is 0 Å². The van der Waals surface area contributed by atoms with E-state index in [1.807, 2.05) is 0 Å². The number of carbonyl (C=O) groups excluding carboxylic acids is 1. The zero-order chi connectivity index (χ0) is 12.1. The van der Waals surface area contributed by atoms with Gasteiger partial charge in [-0.2, -0.15) is 0 Å². The number of hydrogen-bond acceptors (Lipinski definition) is 2. The number of aliphatic carboxylic acids is 1. The molecule has 1 atom stereocenters. The van der Waals surface area contributed by atoms with Crippen LogP contribution in [0.25, 0.3) is 0 Å². The molecule has 1 aliphatic carbocycles. The second kappa shape index (κ2) is 5.87. The Morgan fingerprint density at radius 2 is 1.88 bits per heavy atom. The summed E-state index contributed by atoms with van der Waals surface area (Å²) in [6.45, 7) is 4.30. The lowest BCUT2D eigenvalue weighted by atomic mass is 9.83. The van der Waals surface area contributed by atoms with Gasteiger partial charge in [-0.1, -0.05) is 19.8 Å². The number of amides is 1. The molecule has 1 saturated carbocycles. The molecule has 4 nitrogen and oxygen atoms in total. The first-order valence-electron chi connectivity index (χ1n) is 6.01. The van der Waals surface area contributed by atoms with Crippen LogP contribution in [-0.4, -0.2) is 23.5 Å². The van der Waals surface area contributed by atoms with E-state index in [4.69, 9.17) is 5.11 Å². The highest BCUT2D eigenvalue weighted by Gasteiger charge is 2.23. The molecule has 92 valence electrons. The highest BCUT2D eigenvalue weighted by atomic mass is 16.4. The molecule has 0 saturated heterocycles. The fourth-order valence-electron chi connectivity index (χ4n) is 2.04. The van der Waals surface area contributed by atoms with Crippen molar-refractivity contribution in [2.45, 2.75) is 39.5 Å². The molecule has 1 amide bonds. The first-order valence-corrected chi connectivity index (χ1v) is 6.01. The number of rotatable bonds is 4. The average molecular weight is 227 g/mol. The lowest BCUT2D eigenvalue weighted by Crippen LogP contribution is -2.37. The van der Waals surface area contributed by atoms with E-state index in [9.17, 15) is 9.59 Å². The van der Waals surface area contributed by atoms with Crippen LogP contribution in [0.5, 0.6) is 0 Å². The van der Waals surface area contributed by atoms with Crippen LogP contribution in [0.1, 0.15) is 39.5 Å². The van der Waals surface area contributed by atoms with Gasteiger partial charge in [0.25, 0.3) is 0 Å². The van der Waals surface area contributed by atoms with Gasteiger partial charge in [0.1, 0.15) is 5.92 Å². The third kappa shape index (κ3) is 3.83. The smallest absolute Gasteiger partial charge is 0.315 e. The SMILES string of the molecule is CC1CCC(CNC(=O)C(C)C(=O)O)CC1. The van der Waals surface area contributed by atoms with Crippen molar-refractivity contribution < 1.29 is 14.7 Å². The number of nitrogens with one attached hydrogen (secondary N) is 1. The van der Waals surface area contributed by atoms with Crippen molar-refractivity contribution in [3.63, 3.8) is 0 Å². The molecule has 1 rings (SSSR count). The molecule has 0 aliphatic heterocycles. The van der Waals surface area contributed by atoms with E-state index in [0.717, 1.165) is 18.8 Å². The largest absolute Gasteiger partial charge is 0.481 e. The van der Waals surface area contributed by atoms with Gasteiger partial charge in [0, 0.05) is 6.54 Å². The third-order valence-corrected chi connectivity index (χ3v) is 3.46. The Morgan fingerprint density at radius 1 is 1.31 bits per heavy atom. The van der Waals surface area contributed by atoms with Gasteiger partial charge in [0.2, 0.25) is 5.91 Å². The van der Waals surface area contributed by atoms with Gasteiger partial charge in [0.05, 0.1) is 0 Å². The Kier molecular flexibility index (Phi) is 4.77. The highest BCUT2D eigenvalue weighted by Crippen LogP contribution is 2.27. The monoisotopic (exact) mass is 227 g/mol. The van der Waals surface area contributed by atoms with Gasteiger partial charge in [-0.25, -0.2) is 0 Å². The maximum atomic E-state index is 11.4. The highest BCUT2D eigenvalue weighted by molar-refractivity contribution is 5.96. The molecule has 0 aromatic heterocycles. The summed E-state index contributed by atoms with van der Waals surface area (Å²) in [5.41, 5.74) is 0. The molecule has 0 aromatic rings. The van der Waals surface area contributed by atoms with E-state index in [-0.39, 0.29) is 5.91 Å². The van der Waals surface area contributed by atoms with E-state index in [0.29, 0.717) is 12.5 Å². The fraction of sp³-hybridized carbons (Fsp3) is 0.833. The minimum atomic E-state index is -1.06. The van der Waals surface area contributed by atoms with E-state index >= 15 is 0 Å². The summed E-state index contributed by atoms with van der Waals surface area (Å²) in [6, 6.07) is 0. The van der Waals surface area contributed by atoms with Crippen molar-refractivity contribution in [3.05, 3.63) is 0 Å². The summed E-state index contributed by atoms with van der Waals surface area (Å²) >= 11 is 0. The minimum absolute atomic E-state index is 0.369. The molecule has 1 aliphatic rings. The number of carboxylic acids is 1. The molecule has 1 fully saturated rings. The van der Waals surface area contributed by atoms with Crippen molar-refractivity contribution in [1.29, 1.82) is 0 Å². The van der Waals surface area contributed by atoms with Crippen molar-refractivity contribution in [2.24, 2.45) is 17.8 Å². The predicted molar refractivity (Wildman–Crippen MR) is 60.9 cm³/mol. The Labute approximate surface area is 96.4 Å². The van der Waals surface area contributed by atoms with Crippen LogP contribution in [0.4, 0.5) is 0 Å². The third-order valence-electron chi connectivity index (χ3n) is 3.46. The number of carboxylic acid groups (broad SMARTS) is 1. The van der Waals surface area contributed by atoms with Gasteiger partial charge in [-0.3, -0.25) is 9.59 Å². The van der Waals surface area contributed by atoms with Crippen LogP contribution in [-0.2, 0) is 9.59 Å². The van der Waals surface area contributed by atoms with E-state index in [1.165, 1.54) is 19.8 Å². The Balaban J connectivity index is 2.24. The molecular formula is C12H21NO3. The molecule has 16 heavy (non-hydrogen) atoms. The van der Waals surface area contributed by atoms with Gasteiger partial charge in [0.15, 0.2) is 0 Å². The summed E-state index contributed by atoms with van der Waals surface area (Å²) in [6.07, 6.45) is 4.72. The van der Waals surface area contributed by atoms with Crippen LogP contribution >= 0.6 is 0 Å². The fourth-order valence-corrected chi connectivity index (χ4v) is 2.04. The van der Waals surface area contributed by atoms with Crippen LogP contribution < -0.4 is 5.32 Å². The van der Waals surface area contributed by atoms with Crippen LogP contribution in [0.15, 0.2) is 0 Å². The second-order valence-electron chi connectivity index (χ2n) is 4.93. The average Bonchev–Trinajstić information content (AvgIpc) is 2.26. The topological polar surface area (TPSA) is 66.4 Å². The summed E-state index contributed by atoms with van der Waals surface area (Å²) < 4.78 is 0. The molecule has 0 bridgehead atoms. The van der Waals surface area contributed by atoms with Gasteiger partial charge >= 0.3 is 5.97 Å². The Morgan fingerprint density at radius 3 is 2.38 bits per heavy atom. The summed E-state index contributed by atoms with van der Waals surface area (Å²) in [5.74, 6) is -1.05. The van der Waals surface area contributed by atoms with Crippen molar-refractivity contribution in [3.8, 4) is 0 Å². The van der Waals surface area contributed by atoms with Crippen LogP contribution in [0, 0.1) is 17.8 Å². The Hall–Kier alpha value is -1.06. The number of carbonyl (C=O) groups is 2. The molecular weight excluding hydrogens is 206 g/mol. The molecule has 0 aromatic carbocycles. The Bertz CT molecular complexity index is 257. The normalized spacial score (nSPS) is 27.1. The standard InChI is InChI=1S/C12H21NO3/c1-8-3-5-10(6-4-8)7-13-11(14)9(2)12(15)16/h8-10H,3-7H2,1-2H3,(H,13,14)(H,15,16). The predicted octanol–water partition coefficient (Wildman–Crippen LogP) is 1.65. The first kappa shape index (κ1) is 13.0. The molecule has 2 N–H and O–H groups in total. The van der Waals surface area contributed by atoms with Crippen molar-refractivity contribution in [2.75, 3.05) is 6.54 Å². The summed E-state index contributed by atoms with van der Waals surface area (Å²) in [5, 5.41) is 11.4. The van der Waals surface area contributed by atoms with Crippen molar-refractivity contribution in [1.82, 2.24) is 5.32 Å². The maximum absolute atomic E-state index is 11.4. The van der Waals surface area contributed by atoms with E-state index in [2.05, 4.69) is 12.2 Å². The zero-order valence-electron chi connectivity index (χ0n) is 10.0. The maximum Gasteiger partial charge on any atom is 0.315 e. The second-order valence-corrected chi connectivity index (χ2v) is 4.93. The molecule has 1 unspecified atom stereocenters. The number of hydrogen-bond donors (Lipinski definition) is 2. The van der Waals surface area contributed by atoms with Gasteiger partial charge in [-0.15, -0.1) is 0 Å². The molecule has 0 heterocycles. The van der Waals surface area contributed by atoms with Gasteiger partial charge < -0.3 is 10.4 Å².